The average molecular weight is 440 g/mol. The molecule has 0 saturated heterocycles. The number of rotatable bonds is 8. The highest BCUT2D eigenvalue weighted by atomic mass is 19.1. The zero-order valence-corrected chi connectivity index (χ0v) is 17.6. The van der Waals surface area contributed by atoms with Crippen LogP contribution in [0.1, 0.15) is 36.8 Å². The van der Waals surface area contributed by atoms with E-state index in [4.69, 9.17) is 0 Å². The van der Waals surface area contributed by atoms with E-state index in [1.165, 1.54) is 48.8 Å². The standard InChI is InChI=1S/C24H26F2N4O2/c25-21-9-19(11-27-15-21)5-7-23(31)29-13-17-1-2-18(4-3-17)14-30-24(32)8-6-20-10-22(26)16-28-12-20/h5-12,15-18H,1-4,13-14H2,(H,29,31)(H,30,32)/b7-5+,8-6+. The number of carbonyl (C=O) groups is 2. The summed E-state index contributed by atoms with van der Waals surface area (Å²) in [5, 5.41) is 5.78. The van der Waals surface area contributed by atoms with Crippen LogP contribution in [0, 0.1) is 23.5 Å². The molecular weight excluding hydrogens is 414 g/mol. The van der Waals surface area contributed by atoms with Crippen molar-refractivity contribution in [2.75, 3.05) is 13.1 Å². The fourth-order valence-electron chi connectivity index (χ4n) is 3.63. The Hall–Kier alpha value is -3.42. The summed E-state index contributed by atoms with van der Waals surface area (Å²) in [5.74, 6) is -0.528. The number of hydrogen-bond donors (Lipinski definition) is 2. The second-order valence-electron chi connectivity index (χ2n) is 7.92. The second-order valence-corrected chi connectivity index (χ2v) is 7.92. The average Bonchev–Trinajstić information content (AvgIpc) is 2.79. The van der Waals surface area contributed by atoms with Crippen molar-refractivity contribution in [2.24, 2.45) is 11.8 Å². The molecule has 2 aromatic heterocycles. The first-order chi connectivity index (χ1) is 15.5. The van der Waals surface area contributed by atoms with Crippen LogP contribution in [0.25, 0.3) is 12.2 Å². The van der Waals surface area contributed by atoms with Crippen molar-refractivity contribution in [2.45, 2.75) is 25.7 Å². The molecule has 0 radical (unpaired) electrons. The van der Waals surface area contributed by atoms with Gasteiger partial charge in [-0.1, -0.05) is 0 Å². The molecule has 0 aliphatic heterocycles. The molecule has 3 rings (SSSR count). The predicted octanol–water partition coefficient (Wildman–Crippen LogP) is 3.52. The van der Waals surface area contributed by atoms with Crippen molar-refractivity contribution >= 4 is 24.0 Å². The van der Waals surface area contributed by atoms with Crippen molar-refractivity contribution in [3.8, 4) is 0 Å². The third-order valence-corrected chi connectivity index (χ3v) is 5.40. The summed E-state index contributed by atoms with van der Waals surface area (Å²) in [6, 6.07) is 2.62. The van der Waals surface area contributed by atoms with Gasteiger partial charge in [0.05, 0.1) is 12.4 Å². The number of pyridine rings is 2. The minimum atomic E-state index is -0.444. The van der Waals surface area contributed by atoms with Gasteiger partial charge in [-0.15, -0.1) is 0 Å². The Kier molecular flexibility index (Phi) is 8.60. The molecule has 1 aliphatic rings. The minimum Gasteiger partial charge on any atom is -0.352 e. The van der Waals surface area contributed by atoms with E-state index in [1.54, 1.807) is 0 Å². The van der Waals surface area contributed by atoms with Crippen molar-refractivity contribution in [1.82, 2.24) is 20.6 Å². The molecule has 168 valence electrons. The highest BCUT2D eigenvalue weighted by Gasteiger charge is 2.21. The molecule has 2 N–H and O–H groups in total. The maximum absolute atomic E-state index is 13.1. The topological polar surface area (TPSA) is 84.0 Å². The lowest BCUT2D eigenvalue weighted by Gasteiger charge is -2.28. The summed E-state index contributed by atoms with van der Waals surface area (Å²) >= 11 is 0. The van der Waals surface area contributed by atoms with Gasteiger partial charge in [-0.05, 0) is 72.9 Å². The van der Waals surface area contributed by atoms with Gasteiger partial charge >= 0.3 is 0 Å². The normalized spacial score (nSPS) is 18.7. The molecule has 0 aromatic carbocycles. The molecular formula is C24H26F2N4O2. The number of aromatic nitrogens is 2. The quantitative estimate of drug-likeness (QED) is 0.616. The predicted molar refractivity (Wildman–Crippen MR) is 118 cm³/mol. The van der Waals surface area contributed by atoms with Crippen LogP contribution in [0.4, 0.5) is 8.78 Å². The Bertz CT molecular complexity index is 906. The number of nitrogens with one attached hydrogen (secondary N) is 2. The van der Waals surface area contributed by atoms with Crippen molar-refractivity contribution in [3.05, 3.63) is 71.8 Å². The van der Waals surface area contributed by atoms with Crippen molar-refractivity contribution in [1.29, 1.82) is 0 Å². The highest BCUT2D eigenvalue weighted by Crippen LogP contribution is 2.27. The summed E-state index contributed by atoms with van der Waals surface area (Å²) in [4.78, 5) is 31.4. The molecule has 32 heavy (non-hydrogen) atoms. The van der Waals surface area contributed by atoms with E-state index in [2.05, 4.69) is 20.6 Å². The molecule has 0 spiro atoms. The van der Waals surface area contributed by atoms with Gasteiger partial charge in [-0.25, -0.2) is 8.78 Å². The van der Waals surface area contributed by atoms with Crippen LogP contribution in [-0.4, -0.2) is 34.9 Å². The van der Waals surface area contributed by atoms with Gasteiger partial charge in [0.15, 0.2) is 0 Å². The highest BCUT2D eigenvalue weighted by molar-refractivity contribution is 5.92. The number of nitrogens with zero attached hydrogens (tertiary/aromatic N) is 2. The fourth-order valence-corrected chi connectivity index (χ4v) is 3.63. The first-order valence-corrected chi connectivity index (χ1v) is 10.6. The lowest BCUT2D eigenvalue weighted by Crippen LogP contribution is -2.33. The molecule has 1 saturated carbocycles. The molecule has 0 unspecified atom stereocenters. The maximum atomic E-state index is 13.1. The monoisotopic (exact) mass is 440 g/mol. The summed E-state index contributed by atoms with van der Waals surface area (Å²) in [6.45, 7) is 1.18. The van der Waals surface area contributed by atoms with Crippen LogP contribution in [0.2, 0.25) is 0 Å². The Morgan fingerprint density at radius 3 is 1.56 bits per heavy atom. The lowest BCUT2D eigenvalue weighted by molar-refractivity contribution is -0.117. The van der Waals surface area contributed by atoms with Gasteiger partial charge in [0.25, 0.3) is 0 Å². The van der Waals surface area contributed by atoms with Gasteiger partial charge in [-0.2, -0.15) is 0 Å². The minimum absolute atomic E-state index is 0.219. The summed E-state index contributed by atoms with van der Waals surface area (Å²) in [7, 11) is 0. The number of halogens is 2. The van der Waals surface area contributed by atoms with E-state index in [9.17, 15) is 18.4 Å². The maximum Gasteiger partial charge on any atom is 0.244 e. The number of carbonyl (C=O) groups excluding carboxylic acids is 2. The fraction of sp³-hybridized carbons (Fsp3) is 0.333. The Morgan fingerprint density at radius 2 is 1.19 bits per heavy atom. The summed E-state index contributed by atoms with van der Waals surface area (Å²) in [6.07, 6.45) is 14.9. The van der Waals surface area contributed by atoms with Gasteiger partial charge in [0, 0.05) is 37.6 Å². The molecule has 8 heteroatoms. The van der Waals surface area contributed by atoms with E-state index < -0.39 is 11.6 Å². The van der Waals surface area contributed by atoms with E-state index in [0.717, 1.165) is 38.1 Å². The molecule has 2 heterocycles. The second kappa shape index (κ2) is 11.8. The van der Waals surface area contributed by atoms with Crippen molar-refractivity contribution in [3.63, 3.8) is 0 Å². The Morgan fingerprint density at radius 1 is 0.781 bits per heavy atom. The number of amides is 2. The number of hydrogen-bond acceptors (Lipinski definition) is 4. The van der Waals surface area contributed by atoms with Gasteiger partial charge in [0.2, 0.25) is 11.8 Å². The van der Waals surface area contributed by atoms with Gasteiger partial charge in [-0.3, -0.25) is 19.6 Å². The Balaban J connectivity index is 1.31. The van der Waals surface area contributed by atoms with E-state index in [0.29, 0.717) is 36.1 Å². The smallest absolute Gasteiger partial charge is 0.244 e. The van der Waals surface area contributed by atoms with Gasteiger partial charge in [0.1, 0.15) is 11.6 Å². The SMILES string of the molecule is O=C(/C=C/c1cncc(F)c1)NCC1CCC(CNC(=O)/C=C/c2cncc(F)c2)CC1. The third-order valence-electron chi connectivity index (χ3n) is 5.40. The van der Waals surface area contributed by atoms with Crippen LogP contribution in [0.15, 0.2) is 49.1 Å². The van der Waals surface area contributed by atoms with Crippen LogP contribution < -0.4 is 10.6 Å². The molecule has 2 amide bonds. The zero-order chi connectivity index (χ0) is 22.8. The van der Waals surface area contributed by atoms with E-state index in [1.807, 2.05) is 0 Å². The van der Waals surface area contributed by atoms with E-state index in [-0.39, 0.29) is 11.8 Å². The molecule has 0 atom stereocenters. The molecule has 1 aliphatic carbocycles. The van der Waals surface area contributed by atoms with Crippen LogP contribution in [0.3, 0.4) is 0 Å². The first-order valence-electron chi connectivity index (χ1n) is 10.6. The summed E-state index contributed by atoms with van der Waals surface area (Å²) < 4.78 is 26.2. The summed E-state index contributed by atoms with van der Waals surface area (Å²) in [5.41, 5.74) is 1.07. The molecule has 0 bridgehead atoms. The Labute approximate surface area is 185 Å². The zero-order valence-electron chi connectivity index (χ0n) is 17.6. The first kappa shape index (κ1) is 23.2. The molecule has 2 aromatic rings. The largest absolute Gasteiger partial charge is 0.352 e. The molecule has 1 fully saturated rings. The molecule has 6 nitrogen and oxygen atoms in total. The van der Waals surface area contributed by atoms with Crippen LogP contribution in [0.5, 0.6) is 0 Å². The van der Waals surface area contributed by atoms with Crippen molar-refractivity contribution < 1.29 is 18.4 Å². The lowest BCUT2D eigenvalue weighted by atomic mass is 9.82. The van der Waals surface area contributed by atoms with E-state index >= 15 is 0 Å². The van der Waals surface area contributed by atoms with Gasteiger partial charge < -0.3 is 10.6 Å². The third kappa shape index (κ3) is 8.02. The van der Waals surface area contributed by atoms with Crippen LogP contribution >= 0.6 is 0 Å². The van der Waals surface area contributed by atoms with Crippen LogP contribution in [-0.2, 0) is 9.59 Å².